The molecular formula is C25H19F3N2O2. The number of hydrogen-bond donors (Lipinski definition) is 1. The number of carbonyl (C=O) groups is 2. The molecule has 32 heavy (non-hydrogen) atoms. The number of nitrogens with one attached hydrogen (secondary N) is 1. The first-order valence-corrected chi connectivity index (χ1v) is 9.87. The maximum absolute atomic E-state index is 13.4. The highest BCUT2D eigenvalue weighted by molar-refractivity contribution is 6.46. The Balaban J connectivity index is 1.82. The number of hydrogen-bond acceptors (Lipinski definition) is 3. The fraction of sp³-hybridized carbons (Fsp3) is 0.120. The smallest absolute Gasteiger partial charge is 0.350 e. The average molecular weight is 436 g/mol. The Morgan fingerprint density at radius 2 is 1.53 bits per heavy atom. The van der Waals surface area contributed by atoms with Crippen LogP contribution in [0.2, 0.25) is 0 Å². The molecule has 0 unspecified atom stereocenters. The van der Waals surface area contributed by atoms with Gasteiger partial charge >= 0.3 is 6.18 Å². The van der Waals surface area contributed by atoms with Crippen LogP contribution >= 0.6 is 0 Å². The molecule has 1 aliphatic heterocycles. The largest absolute Gasteiger partial charge is 0.416 e. The molecule has 0 radical (unpaired) electrons. The summed E-state index contributed by atoms with van der Waals surface area (Å²) in [6, 6.07) is 18.4. The molecule has 0 saturated heterocycles. The first-order valence-electron chi connectivity index (χ1n) is 9.87. The fourth-order valence-corrected chi connectivity index (χ4v) is 3.71. The highest BCUT2D eigenvalue weighted by Gasteiger charge is 2.41. The van der Waals surface area contributed by atoms with Crippen LogP contribution in [-0.2, 0) is 15.8 Å². The Kier molecular flexibility index (Phi) is 5.34. The third kappa shape index (κ3) is 3.89. The normalized spacial score (nSPS) is 14.3. The molecule has 162 valence electrons. The van der Waals surface area contributed by atoms with Crippen molar-refractivity contribution in [3.63, 3.8) is 0 Å². The Morgan fingerprint density at radius 1 is 0.812 bits per heavy atom. The molecule has 0 fully saturated rings. The van der Waals surface area contributed by atoms with E-state index in [1.54, 1.807) is 49.4 Å². The number of nitrogens with zero attached hydrogens (tertiary/aromatic N) is 1. The second kappa shape index (κ2) is 8.00. The van der Waals surface area contributed by atoms with Crippen LogP contribution in [0.3, 0.4) is 0 Å². The summed E-state index contributed by atoms with van der Waals surface area (Å²) in [6.45, 7) is 3.70. The summed E-state index contributed by atoms with van der Waals surface area (Å²) >= 11 is 0. The van der Waals surface area contributed by atoms with E-state index in [9.17, 15) is 22.8 Å². The zero-order chi connectivity index (χ0) is 23.0. The van der Waals surface area contributed by atoms with E-state index < -0.39 is 23.6 Å². The van der Waals surface area contributed by atoms with Gasteiger partial charge in [0.1, 0.15) is 5.70 Å². The van der Waals surface area contributed by atoms with Gasteiger partial charge in [-0.2, -0.15) is 13.2 Å². The molecule has 0 atom stereocenters. The lowest BCUT2D eigenvalue weighted by atomic mass is 10.0. The van der Waals surface area contributed by atoms with Crippen molar-refractivity contribution in [2.75, 3.05) is 10.2 Å². The van der Waals surface area contributed by atoms with Crippen molar-refractivity contribution >= 4 is 28.8 Å². The molecule has 0 saturated carbocycles. The number of anilines is 2. The van der Waals surface area contributed by atoms with Gasteiger partial charge in [-0.15, -0.1) is 0 Å². The monoisotopic (exact) mass is 436 g/mol. The van der Waals surface area contributed by atoms with Crippen molar-refractivity contribution in [3.05, 3.63) is 101 Å². The van der Waals surface area contributed by atoms with Crippen LogP contribution in [0.4, 0.5) is 24.5 Å². The maximum Gasteiger partial charge on any atom is 0.416 e. The number of benzene rings is 3. The minimum Gasteiger partial charge on any atom is -0.350 e. The highest BCUT2D eigenvalue weighted by atomic mass is 19.4. The first kappa shape index (κ1) is 21.4. The molecule has 7 heteroatoms. The Morgan fingerprint density at radius 3 is 2.19 bits per heavy atom. The summed E-state index contributed by atoms with van der Waals surface area (Å²) in [5, 5.41) is 2.78. The van der Waals surface area contributed by atoms with Gasteiger partial charge in [-0.25, -0.2) is 4.90 Å². The van der Waals surface area contributed by atoms with E-state index in [-0.39, 0.29) is 17.0 Å². The Hall–Kier alpha value is -3.87. The van der Waals surface area contributed by atoms with Gasteiger partial charge in [-0.05, 0) is 49.2 Å². The van der Waals surface area contributed by atoms with E-state index in [0.717, 1.165) is 28.2 Å². The number of rotatable bonds is 4. The molecular weight excluding hydrogens is 417 g/mol. The van der Waals surface area contributed by atoms with Gasteiger partial charge < -0.3 is 5.32 Å². The number of imide groups is 1. The van der Waals surface area contributed by atoms with Gasteiger partial charge in [0.15, 0.2) is 0 Å². The van der Waals surface area contributed by atoms with Crippen LogP contribution in [0.1, 0.15) is 22.3 Å². The lowest BCUT2D eigenvalue weighted by molar-refractivity contribution is -0.137. The molecule has 4 nitrogen and oxygen atoms in total. The van der Waals surface area contributed by atoms with Crippen LogP contribution < -0.4 is 10.2 Å². The fourth-order valence-electron chi connectivity index (χ4n) is 3.71. The number of carbonyl (C=O) groups excluding carboxylic acids is 2. The van der Waals surface area contributed by atoms with E-state index in [1.807, 2.05) is 13.0 Å². The van der Waals surface area contributed by atoms with Gasteiger partial charge in [0.05, 0.1) is 16.8 Å². The lowest BCUT2D eigenvalue weighted by Gasteiger charge is -2.18. The van der Waals surface area contributed by atoms with Crippen molar-refractivity contribution in [2.45, 2.75) is 20.0 Å². The van der Waals surface area contributed by atoms with E-state index in [2.05, 4.69) is 5.32 Å². The highest BCUT2D eigenvalue weighted by Crippen LogP contribution is 2.36. The molecule has 0 aromatic heterocycles. The number of amides is 2. The summed E-state index contributed by atoms with van der Waals surface area (Å²) in [4.78, 5) is 27.9. The second-order valence-corrected chi connectivity index (χ2v) is 7.56. The zero-order valence-corrected chi connectivity index (χ0v) is 17.3. The SMILES string of the molecule is Cc1ccc(N2C(=O)C(Nc3cccc(C(F)(F)F)c3)=C(c3ccccc3)C2=O)c(C)c1. The molecule has 1 aliphatic rings. The molecule has 3 aromatic rings. The van der Waals surface area contributed by atoms with Crippen molar-refractivity contribution in [1.82, 2.24) is 0 Å². The molecule has 0 bridgehead atoms. The maximum atomic E-state index is 13.4. The average Bonchev–Trinajstić information content (AvgIpc) is 2.98. The third-order valence-corrected chi connectivity index (χ3v) is 5.20. The van der Waals surface area contributed by atoms with Crippen LogP contribution in [0.15, 0.2) is 78.5 Å². The van der Waals surface area contributed by atoms with Crippen LogP contribution in [-0.4, -0.2) is 11.8 Å². The summed E-state index contributed by atoms with van der Waals surface area (Å²) in [5.74, 6) is -1.17. The van der Waals surface area contributed by atoms with E-state index in [1.165, 1.54) is 12.1 Å². The van der Waals surface area contributed by atoms with Crippen molar-refractivity contribution < 1.29 is 22.8 Å². The summed E-state index contributed by atoms with van der Waals surface area (Å²) in [7, 11) is 0. The van der Waals surface area contributed by atoms with Crippen molar-refractivity contribution in [3.8, 4) is 0 Å². The summed E-state index contributed by atoms with van der Waals surface area (Å²) < 4.78 is 39.5. The lowest BCUT2D eigenvalue weighted by Crippen LogP contribution is -2.33. The van der Waals surface area contributed by atoms with Crippen molar-refractivity contribution in [1.29, 1.82) is 0 Å². The minimum absolute atomic E-state index is 0.0619. The molecule has 3 aromatic carbocycles. The van der Waals surface area contributed by atoms with E-state index in [4.69, 9.17) is 0 Å². The molecule has 4 rings (SSSR count). The van der Waals surface area contributed by atoms with Crippen LogP contribution in [0.25, 0.3) is 5.57 Å². The molecule has 1 N–H and O–H groups in total. The molecule has 0 spiro atoms. The van der Waals surface area contributed by atoms with Crippen LogP contribution in [0.5, 0.6) is 0 Å². The van der Waals surface area contributed by atoms with Crippen molar-refractivity contribution in [2.24, 2.45) is 0 Å². The second-order valence-electron chi connectivity index (χ2n) is 7.56. The predicted octanol–water partition coefficient (Wildman–Crippen LogP) is 5.72. The number of alkyl halides is 3. The molecule has 2 amide bonds. The first-order chi connectivity index (χ1) is 15.2. The third-order valence-electron chi connectivity index (χ3n) is 5.20. The number of halogens is 3. The predicted molar refractivity (Wildman–Crippen MR) is 117 cm³/mol. The topological polar surface area (TPSA) is 49.4 Å². The quantitative estimate of drug-likeness (QED) is 0.533. The zero-order valence-electron chi connectivity index (χ0n) is 17.3. The van der Waals surface area contributed by atoms with Gasteiger partial charge in [-0.1, -0.05) is 54.1 Å². The van der Waals surface area contributed by atoms with Gasteiger partial charge in [-0.3, -0.25) is 9.59 Å². The Labute approximate surface area is 183 Å². The van der Waals surface area contributed by atoms with Gasteiger partial charge in [0.2, 0.25) is 0 Å². The van der Waals surface area contributed by atoms with Gasteiger partial charge in [0, 0.05) is 5.69 Å². The molecule has 1 heterocycles. The van der Waals surface area contributed by atoms with E-state index in [0.29, 0.717) is 11.3 Å². The standard InChI is InChI=1S/C25H19F3N2O2/c1-15-11-12-20(16(2)13-15)30-23(31)21(17-7-4-3-5-8-17)22(24(30)32)29-19-10-6-9-18(14-19)25(26,27)28/h3-14,29H,1-2H3. The Bertz CT molecular complexity index is 1250. The minimum atomic E-state index is -4.53. The molecule has 0 aliphatic carbocycles. The van der Waals surface area contributed by atoms with Crippen LogP contribution in [0, 0.1) is 13.8 Å². The van der Waals surface area contributed by atoms with Gasteiger partial charge in [0.25, 0.3) is 11.8 Å². The number of aryl methyl sites for hydroxylation is 2. The van der Waals surface area contributed by atoms with E-state index >= 15 is 0 Å². The summed E-state index contributed by atoms with van der Waals surface area (Å²) in [6.07, 6.45) is -4.53. The summed E-state index contributed by atoms with van der Waals surface area (Å²) in [5.41, 5.74) is 1.88.